The van der Waals surface area contributed by atoms with Gasteiger partial charge in [0.2, 0.25) is 0 Å². The Morgan fingerprint density at radius 2 is 2.20 bits per heavy atom. The summed E-state index contributed by atoms with van der Waals surface area (Å²) in [6, 6.07) is 2.02. The first-order valence-corrected chi connectivity index (χ1v) is 4.94. The zero-order valence-electron chi connectivity index (χ0n) is 9.41. The van der Waals surface area contributed by atoms with Crippen molar-refractivity contribution in [1.82, 2.24) is 4.90 Å². The van der Waals surface area contributed by atoms with Crippen LogP contribution in [0.4, 0.5) is 4.79 Å². The Bertz CT molecular complexity index is 303. The Balaban J connectivity index is 2.56. The number of nitriles is 1. The van der Waals surface area contributed by atoms with Crippen molar-refractivity contribution >= 4 is 6.09 Å². The van der Waals surface area contributed by atoms with Crippen LogP contribution < -0.4 is 5.73 Å². The summed E-state index contributed by atoms with van der Waals surface area (Å²) in [6.45, 7) is 6.15. The second-order valence-electron chi connectivity index (χ2n) is 4.92. The number of hydrogen-bond donors (Lipinski definition) is 1. The topological polar surface area (TPSA) is 79.3 Å². The van der Waals surface area contributed by atoms with Crippen molar-refractivity contribution in [3.63, 3.8) is 0 Å². The smallest absolute Gasteiger partial charge is 0.410 e. The second kappa shape index (κ2) is 3.70. The summed E-state index contributed by atoms with van der Waals surface area (Å²) >= 11 is 0. The highest BCUT2D eigenvalue weighted by molar-refractivity contribution is 5.69. The molecule has 1 fully saturated rings. The van der Waals surface area contributed by atoms with Crippen LogP contribution in [0.25, 0.3) is 0 Å². The molecule has 5 heteroatoms. The van der Waals surface area contributed by atoms with Crippen molar-refractivity contribution in [3.05, 3.63) is 0 Å². The van der Waals surface area contributed by atoms with Gasteiger partial charge in [-0.15, -0.1) is 0 Å². The van der Waals surface area contributed by atoms with Crippen LogP contribution in [-0.4, -0.2) is 35.2 Å². The lowest BCUT2D eigenvalue weighted by Gasteiger charge is -2.24. The molecule has 0 aromatic heterocycles. The molecule has 0 aromatic carbocycles. The molecule has 1 saturated heterocycles. The van der Waals surface area contributed by atoms with Gasteiger partial charge in [-0.1, -0.05) is 0 Å². The Labute approximate surface area is 89.8 Å². The summed E-state index contributed by atoms with van der Waals surface area (Å²) in [5.74, 6) is 0. The third-order valence-electron chi connectivity index (χ3n) is 2.18. The molecule has 1 atom stereocenters. The number of rotatable bonds is 0. The first-order chi connectivity index (χ1) is 6.76. The molecule has 0 bridgehead atoms. The van der Waals surface area contributed by atoms with Crippen LogP contribution in [0.2, 0.25) is 0 Å². The average molecular weight is 211 g/mol. The molecule has 0 saturated carbocycles. The number of nitrogens with zero attached hydrogens (tertiary/aromatic N) is 2. The second-order valence-corrected chi connectivity index (χ2v) is 4.92. The molecule has 1 rings (SSSR count). The average Bonchev–Trinajstić information content (AvgIpc) is 2.46. The normalized spacial score (nSPS) is 26.2. The minimum Gasteiger partial charge on any atom is -0.444 e. The van der Waals surface area contributed by atoms with E-state index in [1.54, 1.807) is 20.8 Å². The van der Waals surface area contributed by atoms with E-state index in [0.29, 0.717) is 13.0 Å². The number of amides is 1. The van der Waals surface area contributed by atoms with E-state index in [1.165, 1.54) is 4.90 Å². The maximum atomic E-state index is 11.6. The van der Waals surface area contributed by atoms with Gasteiger partial charge in [-0.3, -0.25) is 0 Å². The lowest BCUT2D eigenvalue weighted by molar-refractivity contribution is 0.0289. The number of carbonyl (C=O) groups is 1. The molecule has 0 unspecified atom stereocenters. The van der Waals surface area contributed by atoms with E-state index in [1.807, 2.05) is 6.07 Å². The van der Waals surface area contributed by atoms with Gasteiger partial charge in [0, 0.05) is 6.54 Å². The zero-order chi connectivity index (χ0) is 11.7. The molecule has 0 radical (unpaired) electrons. The fourth-order valence-corrected chi connectivity index (χ4v) is 1.41. The van der Waals surface area contributed by atoms with E-state index in [4.69, 9.17) is 15.7 Å². The Hall–Kier alpha value is -1.28. The van der Waals surface area contributed by atoms with Gasteiger partial charge in [0.05, 0.1) is 12.6 Å². The van der Waals surface area contributed by atoms with Crippen molar-refractivity contribution in [2.45, 2.75) is 38.3 Å². The standard InChI is InChI=1S/C10H17N3O2/c1-9(2,3)15-8(14)13-5-4-10(12,6-11)7-13/h4-5,7,12H2,1-3H3/t10-/m1/s1. The van der Waals surface area contributed by atoms with Crippen LogP contribution in [0.1, 0.15) is 27.2 Å². The highest BCUT2D eigenvalue weighted by atomic mass is 16.6. The molecule has 0 spiro atoms. The fraction of sp³-hybridized carbons (Fsp3) is 0.800. The van der Waals surface area contributed by atoms with E-state index >= 15 is 0 Å². The van der Waals surface area contributed by atoms with Crippen LogP contribution in [0.15, 0.2) is 0 Å². The third kappa shape index (κ3) is 3.10. The Morgan fingerprint density at radius 3 is 2.60 bits per heavy atom. The van der Waals surface area contributed by atoms with Crippen LogP contribution in [-0.2, 0) is 4.74 Å². The number of hydrogen-bond acceptors (Lipinski definition) is 4. The van der Waals surface area contributed by atoms with Gasteiger partial charge in [0.1, 0.15) is 11.1 Å². The Morgan fingerprint density at radius 1 is 1.60 bits per heavy atom. The highest BCUT2D eigenvalue weighted by Crippen LogP contribution is 2.20. The van der Waals surface area contributed by atoms with Crippen LogP contribution in [0, 0.1) is 11.3 Å². The Kier molecular flexibility index (Phi) is 2.91. The van der Waals surface area contributed by atoms with Gasteiger partial charge in [0.15, 0.2) is 0 Å². The molecule has 1 aliphatic rings. The van der Waals surface area contributed by atoms with Gasteiger partial charge in [-0.25, -0.2) is 4.79 Å². The van der Waals surface area contributed by atoms with E-state index in [0.717, 1.165) is 0 Å². The predicted octanol–water partition coefficient (Wildman–Crippen LogP) is 0.848. The largest absolute Gasteiger partial charge is 0.444 e. The van der Waals surface area contributed by atoms with Gasteiger partial charge >= 0.3 is 6.09 Å². The van der Waals surface area contributed by atoms with Gasteiger partial charge < -0.3 is 15.4 Å². The van der Waals surface area contributed by atoms with Crippen molar-refractivity contribution < 1.29 is 9.53 Å². The lowest BCUT2D eigenvalue weighted by atomic mass is 10.0. The molecule has 1 aliphatic heterocycles. The summed E-state index contributed by atoms with van der Waals surface area (Å²) in [4.78, 5) is 13.1. The minimum atomic E-state index is -0.906. The monoisotopic (exact) mass is 211 g/mol. The van der Waals surface area contributed by atoms with Crippen LogP contribution in [0.3, 0.4) is 0 Å². The molecule has 1 amide bonds. The highest BCUT2D eigenvalue weighted by Gasteiger charge is 2.38. The van der Waals surface area contributed by atoms with Gasteiger partial charge in [0.25, 0.3) is 0 Å². The molecular weight excluding hydrogens is 194 g/mol. The first kappa shape index (κ1) is 11.8. The van der Waals surface area contributed by atoms with Crippen molar-refractivity contribution in [2.24, 2.45) is 5.73 Å². The van der Waals surface area contributed by atoms with Crippen molar-refractivity contribution in [3.8, 4) is 6.07 Å². The third-order valence-corrected chi connectivity index (χ3v) is 2.18. The van der Waals surface area contributed by atoms with E-state index in [2.05, 4.69) is 0 Å². The molecule has 1 heterocycles. The minimum absolute atomic E-state index is 0.248. The van der Waals surface area contributed by atoms with Crippen LogP contribution in [0.5, 0.6) is 0 Å². The van der Waals surface area contributed by atoms with Gasteiger partial charge in [-0.05, 0) is 27.2 Å². The molecule has 5 nitrogen and oxygen atoms in total. The number of ether oxygens (including phenoxy) is 1. The molecule has 0 aromatic rings. The number of nitrogens with two attached hydrogens (primary N) is 1. The van der Waals surface area contributed by atoms with Gasteiger partial charge in [-0.2, -0.15) is 5.26 Å². The molecule has 0 aliphatic carbocycles. The molecule has 15 heavy (non-hydrogen) atoms. The lowest BCUT2D eigenvalue weighted by Crippen LogP contribution is -2.43. The van der Waals surface area contributed by atoms with E-state index in [9.17, 15) is 4.79 Å². The molecule has 84 valence electrons. The maximum Gasteiger partial charge on any atom is 0.410 e. The number of carbonyl (C=O) groups excluding carboxylic acids is 1. The predicted molar refractivity (Wildman–Crippen MR) is 55.0 cm³/mol. The van der Waals surface area contributed by atoms with E-state index < -0.39 is 17.2 Å². The summed E-state index contributed by atoms with van der Waals surface area (Å²) in [5, 5.41) is 8.80. The molecule has 2 N–H and O–H groups in total. The summed E-state index contributed by atoms with van der Waals surface area (Å²) < 4.78 is 5.18. The SMILES string of the molecule is CC(C)(C)OC(=O)N1CC[C@@](N)(C#N)C1. The fourth-order valence-electron chi connectivity index (χ4n) is 1.41. The maximum absolute atomic E-state index is 11.6. The quantitative estimate of drug-likeness (QED) is 0.644. The van der Waals surface area contributed by atoms with E-state index in [-0.39, 0.29) is 6.54 Å². The van der Waals surface area contributed by atoms with Crippen molar-refractivity contribution in [1.29, 1.82) is 5.26 Å². The summed E-state index contributed by atoms with van der Waals surface area (Å²) in [5.41, 5.74) is 4.32. The molecular formula is C10H17N3O2. The van der Waals surface area contributed by atoms with Crippen molar-refractivity contribution in [2.75, 3.05) is 13.1 Å². The number of likely N-dealkylation sites (tertiary alicyclic amines) is 1. The summed E-state index contributed by atoms with van der Waals surface area (Å²) in [7, 11) is 0. The summed E-state index contributed by atoms with van der Waals surface area (Å²) in [6.07, 6.45) is 0.105. The first-order valence-electron chi connectivity index (χ1n) is 4.94. The zero-order valence-corrected chi connectivity index (χ0v) is 9.41. The van der Waals surface area contributed by atoms with Crippen LogP contribution >= 0.6 is 0 Å².